The molecule has 0 aromatic rings. The second-order valence-electron chi connectivity index (χ2n) is 6.32. The fourth-order valence-corrected chi connectivity index (χ4v) is 2.00. The largest absolute Gasteiger partial charge is 0.355 e. The Morgan fingerprint density at radius 1 is 1.47 bits per heavy atom. The molecule has 0 bridgehead atoms. The van der Waals surface area contributed by atoms with E-state index >= 15 is 0 Å². The van der Waals surface area contributed by atoms with Crippen molar-refractivity contribution < 1.29 is 4.79 Å². The molecule has 1 aliphatic carbocycles. The minimum absolute atomic E-state index is 0.0300. The molecule has 3 N–H and O–H groups in total. The lowest BCUT2D eigenvalue weighted by atomic mass is 9.77. The molecule has 0 unspecified atom stereocenters. The Bertz CT molecular complexity index is 317. The fraction of sp³-hybridized carbons (Fsp3) is 0.846. The molecular weight excluding hydrogens is 214 g/mol. The van der Waals surface area contributed by atoms with Gasteiger partial charge in [-0.1, -0.05) is 20.8 Å². The standard InChI is InChI=1S/C13H23N3O/c1-12(2,3)9-16-11(17)10-4-6-13(15,8-14)7-5-10/h10H,4-7,9,15H2,1-3H3,(H,16,17). The Kier molecular flexibility index (Phi) is 4.16. The molecule has 17 heavy (non-hydrogen) atoms. The minimum atomic E-state index is -0.708. The third-order valence-electron chi connectivity index (χ3n) is 3.26. The van der Waals surface area contributed by atoms with E-state index in [0.717, 1.165) is 12.8 Å². The summed E-state index contributed by atoms with van der Waals surface area (Å²) in [5.41, 5.74) is 5.27. The van der Waals surface area contributed by atoms with Crippen LogP contribution in [0, 0.1) is 22.7 Å². The van der Waals surface area contributed by atoms with Crippen molar-refractivity contribution in [2.45, 2.75) is 52.0 Å². The highest BCUT2D eigenvalue weighted by molar-refractivity contribution is 5.78. The van der Waals surface area contributed by atoms with Gasteiger partial charge in [-0.25, -0.2) is 0 Å². The first-order chi connectivity index (χ1) is 7.76. The maximum absolute atomic E-state index is 11.9. The first-order valence-electron chi connectivity index (χ1n) is 6.24. The van der Waals surface area contributed by atoms with Gasteiger partial charge >= 0.3 is 0 Å². The molecule has 96 valence electrons. The van der Waals surface area contributed by atoms with E-state index in [9.17, 15) is 4.79 Å². The van der Waals surface area contributed by atoms with Gasteiger partial charge in [0.2, 0.25) is 5.91 Å². The van der Waals surface area contributed by atoms with Gasteiger partial charge in [0.1, 0.15) is 5.54 Å². The SMILES string of the molecule is CC(C)(C)CNC(=O)C1CCC(N)(C#N)CC1. The number of carbonyl (C=O) groups is 1. The Balaban J connectivity index is 2.39. The third kappa shape index (κ3) is 4.35. The zero-order chi connectivity index (χ0) is 13.1. The highest BCUT2D eigenvalue weighted by Crippen LogP contribution is 2.30. The zero-order valence-electron chi connectivity index (χ0n) is 11.0. The Labute approximate surface area is 104 Å². The van der Waals surface area contributed by atoms with Crippen LogP contribution in [0.5, 0.6) is 0 Å². The smallest absolute Gasteiger partial charge is 0.223 e. The van der Waals surface area contributed by atoms with E-state index < -0.39 is 5.54 Å². The summed E-state index contributed by atoms with van der Waals surface area (Å²) in [6, 6.07) is 2.14. The molecular formula is C13H23N3O. The van der Waals surface area contributed by atoms with E-state index in [1.165, 1.54) is 0 Å². The number of nitrogens with zero attached hydrogens (tertiary/aromatic N) is 1. The van der Waals surface area contributed by atoms with Gasteiger partial charge in [0, 0.05) is 12.5 Å². The number of nitriles is 1. The third-order valence-corrected chi connectivity index (χ3v) is 3.26. The van der Waals surface area contributed by atoms with Gasteiger partial charge in [-0.3, -0.25) is 4.79 Å². The Morgan fingerprint density at radius 2 is 2.00 bits per heavy atom. The molecule has 0 aromatic heterocycles. The summed E-state index contributed by atoms with van der Waals surface area (Å²) >= 11 is 0. The molecule has 4 heteroatoms. The van der Waals surface area contributed by atoms with E-state index in [0.29, 0.717) is 19.4 Å². The maximum atomic E-state index is 11.9. The lowest BCUT2D eigenvalue weighted by Gasteiger charge is -2.31. The van der Waals surface area contributed by atoms with Crippen molar-refractivity contribution in [2.75, 3.05) is 6.54 Å². The van der Waals surface area contributed by atoms with E-state index in [2.05, 4.69) is 32.2 Å². The zero-order valence-corrected chi connectivity index (χ0v) is 11.0. The van der Waals surface area contributed by atoms with Crippen LogP contribution in [-0.4, -0.2) is 18.0 Å². The molecule has 4 nitrogen and oxygen atoms in total. The van der Waals surface area contributed by atoms with Crippen LogP contribution >= 0.6 is 0 Å². The molecule has 0 radical (unpaired) electrons. The van der Waals surface area contributed by atoms with Crippen molar-refractivity contribution in [1.82, 2.24) is 5.32 Å². The first-order valence-corrected chi connectivity index (χ1v) is 6.24. The van der Waals surface area contributed by atoms with Gasteiger partial charge in [0.15, 0.2) is 0 Å². The number of rotatable bonds is 2. The number of amides is 1. The molecule has 0 saturated heterocycles. The second kappa shape index (κ2) is 5.05. The quantitative estimate of drug-likeness (QED) is 0.765. The van der Waals surface area contributed by atoms with Gasteiger partial charge in [-0.05, 0) is 31.1 Å². The van der Waals surface area contributed by atoms with Gasteiger partial charge in [-0.2, -0.15) is 5.26 Å². The molecule has 0 aliphatic heterocycles. The monoisotopic (exact) mass is 237 g/mol. The molecule has 1 saturated carbocycles. The lowest BCUT2D eigenvalue weighted by Crippen LogP contribution is -2.45. The van der Waals surface area contributed by atoms with E-state index in [-0.39, 0.29) is 17.2 Å². The summed E-state index contributed by atoms with van der Waals surface area (Å²) in [5, 5.41) is 11.9. The fourth-order valence-electron chi connectivity index (χ4n) is 2.00. The highest BCUT2D eigenvalue weighted by atomic mass is 16.1. The first kappa shape index (κ1) is 14.0. The Hall–Kier alpha value is -1.08. The van der Waals surface area contributed by atoms with Crippen molar-refractivity contribution in [3.8, 4) is 6.07 Å². The number of nitrogens with two attached hydrogens (primary N) is 1. The second-order valence-corrected chi connectivity index (χ2v) is 6.32. The number of hydrogen-bond acceptors (Lipinski definition) is 3. The van der Waals surface area contributed by atoms with E-state index in [1.807, 2.05) is 0 Å². The van der Waals surface area contributed by atoms with Crippen LogP contribution in [0.3, 0.4) is 0 Å². The van der Waals surface area contributed by atoms with Crippen molar-refractivity contribution in [3.05, 3.63) is 0 Å². The highest BCUT2D eigenvalue weighted by Gasteiger charge is 2.34. The van der Waals surface area contributed by atoms with Crippen LogP contribution < -0.4 is 11.1 Å². The summed E-state index contributed by atoms with van der Waals surface area (Å²) in [7, 11) is 0. The topological polar surface area (TPSA) is 78.9 Å². The lowest BCUT2D eigenvalue weighted by molar-refractivity contribution is -0.126. The number of nitrogens with one attached hydrogen (secondary N) is 1. The Morgan fingerprint density at radius 3 is 2.41 bits per heavy atom. The normalized spacial score (nSPS) is 29.5. The van der Waals surface area contributed by atoms with Crippen molar-refractivity contribution in [3.63, 3.8) is 0 Å². The van der Waals surface area contributed by atoms with Crippen molar-refractivity contribution in [1.29, 1.82) is 5.26 Å². The minimum Gasteiger partial charge on any atom is -0.355 e. The van der Waals surface area contributed by atoms with E-state index in [4.69, 9.17) is 11.0 Å². The number of hydrogen-bond donors (Lipinski definition) is 2. The van der Waals surface area contributed by atoms with Gasteiger partial charge in [-0.15, -0.1) is 0 Å². The van der Waals surface area contributed by atoms with Crippen LogP contribution in [0.25, 0.3) is 0 Å². The average molecular weight is 237 g/mol. The average Bonchev–Trinajstić information content (AvgIpc) is 2.26. The van der Waals surface area contributed by atoms with Crippen LogP contribution in [-0.2, 0) is 4.79 Å². The summed E-state index contributed by atoms with van der Waals surface area (Å²) in [5.74, 6) is 0.141. The summed E-state index contributed by atoms with van der Waals surface area (Å²) in [6.45, 7) is 6.96. The molecule has 1 amide bonds. The predicted molar refractivity (Wildman–Crippen MR) is 67.0 cm³/mol. The summed E-state index contributed by atoms with van der Waals surface area (Å²) < 4.78 is 0. The molecule has 0 aromatic carbocycles. The van der Waals surface area contributed by atoms with Crippen LogP contribution in [0.15, 0.2) is 0 Å². The predicted octanol–water partition coefficient (Wildman–Crippen LogP) is 1.56. The molecule has 1 rings (SSSR count). The van der Waals surface area contributed by atoms with E-state index in [1.54, 1.807) is 0 Å². The molecule has 1 fully saturated rings. The maximum Gasteiger partial charge on any atom is 0.223 e. The molecule has 1 aliphatic rings. The number of carbonyl (C=O) groups excluding carboxylic acids is 1. The molecule has 0 spiro atoms. The van der Waals surface area contributed by atoms with Gasteiger partial charge in [0.05, 0.1) is 6.07 Å². The molecule has 0 heterocycles. The summed E-state index contributed by atoms with van der Waals surface area (Å²) in [6.07, 6.45) is 2.69. The van der Waals surface area contributed by atoms with Crippen molar-refractivity contribution in [2.24, 2.45) is 17.1 Å². The summed E-state index contributed by atoms with van der Waals surface area (Å²) in [4.78, 5) is 11.9. The van der Waals surface area contributed by atoms with Crippen LogP contribution in [0.2, 0.25) is 0 Å². The van der Waals surface area contributed by atoms with Crippen LogP contribution in [0.4, 0.5) is 0 Å². The van der Waals surface area contributed by atoms with Crippen LogP contribution in [0.1, 0.15) is 46.5 Å². The van der Waals surface area contributed by atoms with Gasteiger partial charge < -0.3 is 11.1 Å². The van der Waals surface area contributed by atoms with Gasteiger partial charge in [0.25, 0.3) is 0 Å². The van der Waals surface area contributed by atoms with Crippen molar-refractivity contribution >= 4 is 5.91 Å². The molecule has 0 atom stereocenters.